The summed E-state index contributed by atoms with van der Waals surface area (Å²) in [4.78, 5) is 16.7. The molecule has 7 nitrogen and oxygen atoms in total. The number of hydrogen-bond acceptors (Lipinski definition) is 5. The van der Waals surface area contributed by atoms with Crippen LogP contribution < -0.4 is 10.1 Å². The summed E-state index contributed by atoms with van der Waals surface area (Å²) >= 11 is 6.06. The number of amides is 1. The van der Waals surface area contributed by atoms with E-state index in [0.29, 0.717) is 36.8 Å². The number of ether oxygens (including phenoxy) is 1. The maximum absolute atomic E-state index is 13.0. The molecule has 0 aliphatic carbocycles. The first-order valence-electron chi connectivity index (χ1n) is 9.51. The smallest absolute Gasteiger partial charge is 0.243 e. The molecule has 1 aliphatic heterocycles. The Labute approximate surface area is 176 Å². The highest BCUT2D eigenvalue weighted by Gasteiger charge is 2.32. The van der Waals surface area contributed by atoms with E-state index in [0.717, 1.165) is 5.69 Å². The van der Waals surface area contributed by atoms with Gasteiger partial charge in [0.1, 0.15) is 5.75 Å². The number of carbonyl (C=O) groups excluding carboxylic acids is 1. The van der Waals surface area contributed by atoms with Gasteiger partial charge in [0.25, 0.3) is 0 Å². The standard InChI is InChI=1S/C20H24ClN3O4S/c1-2-28-18-11-16(21)12-19(13-18)29(26,27)24-9-6-15(7-10-24)20(25)23-14-17-5-3-4-8-22-17/h3-5,8,11-13,15H,2,6-7,9-10,14H2,1H3,(H,23,25). The lowest BCUT2D eigenvalue weighted by Crippen LogP contribution is -2.42. The van der Waals surface area contributed by atoms with Gasteiger partial charge >= 0.3 is 0 Å². The molecular formula is C20H24ClN3O4S. The average molecular weight is 438 g/mol. The Balaban J connectivity index is 1.60. The van der Waals surface area contributed by atoms with Crippen LogP contribution in [-0.4, -0.2) is 43.3 Å². The van der Waals surface area contributed by atoms with E-state index in [2.05, 4.69) is 10.3 Å². The Morgan fingerprint density at radius 3 is 2.69 bits per heavy atom. The molecule has 29 heavy (non-hydrogen) atoms. The van der Waals surface area contributed by atoms with Crippen molar-refractivity contribution in [1.82, 2.24) is 14.6 Å². The van der Waals surface area contributed by atoms with Crippen LogP contribution in [0.1, 0.15) is 25.5 Å². The van der Waals surface area contributed by atoms with E-state index in [-0.39, 0.29) is 29.8 Å². The highest BCUT2D eigenvalue weighted by Crippen LogP contribution is 2.29. The molecule has 1 saturated heterocycles. The summed E-state index contributed by atoms with van der Waals surface area (Å²) in [6, 6.07) is 10.0. The molecule has 2 aromatic rings. The fraction of sp³-hybridized carbons (Fsp3) is 0.400. The number of carbonyl (C=O) groups is 1. The molecular weight excluding hydrogens is 414 g/mol. The minimum atomic E-state index is -3.70. The number of sulfonamides is 1. The molecule has 1 aromatic carbocycles. The van der Waals surface area contributed by atoms with Crippen molar-refractivity contribution in [2.45, 2.75) is 31.2 Å². The van der Waals surface area contributed by atoms with Gasteiger partial charge in [-0.2, -0.15) is 4.31 Å². The Morgan fingerprint density at radius 2 is 2.03 bits per heavy atom. The Hall–Kier alpha value is -2.16. The molecule has 156 valence electrons. The quantitative estimate of drug-likeness (QED) is 0.719. The molecule has 1 aromatic heterocycles. The fourth-order valence-corrected chi connectivity index (χ4v) is 5.09. The fourth-order valence-electron chi connectivity index (χ4n) is 3.27. The zero-order chi connectivity index (χ0) is 20.9. The zero-order valence-electron chi connectivity index (χ0n) is 16.2. The van der Waals surface area contributed by atoms with Gasteiger partial charge in [0, 0.05) is 36.3 Å². The third-order valence-corrected chi connectivity index (χ3v) is 6.88. The van der Waals surface area contributed by atoms with Gasteiger partial charge in [0.05, 0.1) is 23.7 Å². The van der Waals surface area contributed by atoms with Crippen molar-refractivity contribution in [3.63, 3.8) is 0 Å². The molecule has 1 fully saturated rings. The summed E-state index contributed by atoms with van der Waals surface area (Å²) in [6.07, 6.45) is 2.61. The van der Waals surface area contributed by atoms with Gasteiger partial charge in [-0.3, -0.25) is 9.78 Å². The van der Waals surface area contributed by atoms with Crippen LogP contribution in [0.15, 0.2) is 47.5 Å². The van der Waals surface area contributed by atoms with Gasteiger partial charge in [-0.25, -0.2) is 8.42 Å². The lowest BCUT2D eigenvalue weighted by molar-refractivity contribution is -0.126. The molecule has 0 radical (unpaired) electrons. The van der Waals surface area contributed by atoms with Gasteiger partial charge < -0.3 is 10.1 Å². The molecule has 0 atom stereocenters. The topological polar surface area (TPSA) is 88.6 Å². The molecule has 3 rings (SSSR count). The van der Waals surface area contributed by atoms with Gasteiger partial charge in [0.2, 0.25) is 15.9 Å². The van der Waals surface area contributed by atoms with Crippen LogP contribution >= 0.6 is 11.6 Å². The van der Waals surface area contributed by atoms with E-state index in [1.165, 1.54) is 16.4 Å². The third kappa shape index (κ3) is 5.46. The number of piperidine rings is 1. The van der Waals surface area contributed by atoms with Gasteiger partial charge in [-0.1, -0.05) is 17.7 Å². The monoisotopic (exact) mass is 437 g/mol. The van der Waals surface area contributed by atoms with Crippen molar-refractivity contribution < 1.29 is 17.9 Å². The maximum atomic E-state index is 13.0. The zero-order valence-corrected chi connectivity index (χ0v) is 17.7. The largest absolute Gasteiger partial charge is 0.494 e. The molecule has 0 spiro atoms. The Kier molecular flexibility index (Phi) is 7.10. The van der Waals surface area contributed by atoms with Gasteiger partial charge in [0.15, 0.2) is 0 Å². The van der Waals surface area contributed by atoms with E-state index in [4.69, 9.17) is 16.3 Å². The summed E-state index contributed by atoms with van der Waals surface area (Å²) in [5.41, 5.74) is 0.784. The highest BCUT2D eigenvalue weighted by atomic mass is 35.5. The number of hydrogen-bond donors (Lipinski definition) is 1. The number of nitrogens with one attached hydrogen (secondary N) is 1. The van der Waals surface area contributed by atoms with Crippen molar-refractivity contribution in [3.8, 4) is 5.75 Å². The highest BCUT2D eigenvalue weighted by molar-refractivity contribution is 7.89. The minimum Gasteiger partial charge on any atom is -0.494 e. The van der Waals surface area contributed by atoms with Crippen LogP contribution in [0.5, 0.6) is 5.75 Å². The summed E-state index contributed by atoms with van der Waals surface area (Å²) < 4.78 is 32.8. The predicted octanol–water partition coefficient (Wildman–Crippen LogP) is 2.85. The van der Waals surface area contributed by atoms with Gasteiger partial charge in [-0.15, -0.1) is 0 Å². The number of rotatable bonds is 7. The lowest BCUT2D eigenvalue weighted by Gasteiger charge is -2.30. The summed E-state index contributed by atoms with van der Waals surface area (Å²) in [7, 11) is -3.70. The Morgan fingerprint density at radius 1 is 1.28 bits per heavy atom. The molecule has 1 aliphatic rings. The molecule has 1 amide bonds. The first kappa shape index (κ1) is 21.5. The normalized spacial score (nSPS) is 15.8. The van der Waals surface area contributed by atoms with Crippen LogP contribution in [0.3, 0.4) is 0 Å². The van der Waals surface area contributed by atoms with Crippen LogP contribution in [0.2, 0.25) is 5.02 Å². The second kappa shape index (κ2) is 9.56. The molecule has 1 N–H and O–H groups in total. The van der Waals surface area contributed by atoms with Crippen LogP contribution in [0.25, 0.3) is 0 Å². The number of benzene rings is 1. The maximum Gasteiger partial charge on any atom is 0.243 e. The van der Waals surface area contributed by atoms with E-state index in [1.54, 1.807) is 12.3 Å². The Bertz CT molecular complexity index is 945. The number of pyridine rings is 1. The molecule has 0 bridgehead atoms. The SMILES string of the molecule is CCOc1cc(Cl)cc(S(=O)(=O)N2CCC(C(=O)NCc3ccccn3)CC2)c1. The van der Waals surface area contributed by atoms with Crippen molar-refractivity contribution in [3.05, 3.63) is 53.3 Å². The lowest BCUT2D eigenvalue weighted by atomic mass is 9.97. The first-order chi connectivity index (χ1) is 13.9. The van der Waals surface area contributed by atoms with Crippen molar-refractivity contribution in [2.75, 3.05) is 19.7 Å². The molecule has 0 unspecified atom stereocenters. The minimum absolute atomic E-state index is 0.0749. The second-order valence-corrected chi connectivity index (χ2v) is 9.15. The van der Waals surface area contributed by atoms with Crippen LogP contribution in [0, 0.1) is 5.92 Å². The van der Waals surface area contributed by atoms with Crippen molar-refractivity contribution in [1.29, 1.82) is 0 Å². The van der Waals surface area contributed by atoms with Crippen molar-refractivity contribution >= 4 is 27.5 Å². The number of nitrogens with zero attached hydrogens (tertiary/aromatic N) is 2. The predicted molar refractivity (Wildman–Crippen MR) is 110 cm³/mol. The molecule has 9 heteroatoms. The van der Waals surface area contributed by atoms with Gasteiger partial charge in [-0.05, 0) is 44.0 Å². The van der Waals surface area contributed by atoms with Crippen molar-refractivity contribution in [2.24, 2.45) is 5.92 Å². The van der Waals surface area contributed by atoms with Crippen LogP contribution in [0.4, 0.5) is 0 Å². The van der Waals surface area contributed by atoms with E-state index in [1.807, 2.05) is 25.1 Å². The second-order valence-electron chi connectivity index (χ2n) is 6.77. The molecule has 2 heterocycles. The molecule has 0 saturated carbocycles. The average Bonchev–Trinajstić information content (AvgIpc) is 2.72. The summed E-state index contributed by atoms with van der Waals surface area (Å²) in [5, 5.41) is 3.18. The van der Waals surface area contributed by atoms with Crippen LogP contribution in [-0.2, 0) is 21.4 Å². The first-order valence-corrected chi connectivity index (χ1v) is 11.3. The third-order valence-electron chi connectivity index (χ3n) is 4.79. The summed E-state index contributed by atoms with van der Waals surface area (Å²) in [5.74, 6) is 0.125. The number of halogens is 1. The number of aromatic nitrogens is 1. The van der Waals surface area contributed by atoms with E-state index < -0.39 is 10.0 Å². The van der Waals surface area contributed by atoms with E-state index >= 15 is 0 Å². The summed E-state index contributed by atoms with van der Waals surface area (Å²) in [6.45, 7) is 3.15. The van der Waals surface area contributed by atoms with E-state index in [9.17, 15) is 13.2 Å².